The summed E-state index contributed by atoms with van der Waals surface area (Å²) in [5.74, 6) is 0.888. The number of nitrogens with zero attached hydrogens (tertiary/aromatic N) is 2. The third kappa shape index (κ3) is 5.99. The van der Waals surface area contributed by atoms with Gasteiger partial charge in [-0.15, -0.1) is 0 Å². The number of methoxy groups -OCH3 is 1. The highest BCUT2D eigenvalue weighted by Gasteiger charge is 2.39. The van der Waals surface area contributed by atoms with E-state index in [1.54, 1.807) is 13.2 Å². The van der Waals surface area contributed by atoms with Crippen molar-refractivity contribution in [3.8, 4) is 0 Å². The summed E-state index contributed by atoms with van der Waals surface area (Å²) in [5, 5.41) is 7.59. The topological polar surface area (TPSA) is 76.8 Å². The Balaban J connectivity index is 1.78. The minimum Gasteiger partial charge on any atom is -0.384 e. The number of carbonyl (C=O) groups excluding carboxylic acids is 1. The molecule has 0 bridgehead atoms. The molecule has 2 atom stereocenters. The van der Waals surface area contributed by atoms with Crippen LogP contribution < -0.4 is 10.2 Å². The first-order valence-electron chi connectivity index (χ1n) is 10.5. The predicted octanol–water partition coefficient (Wildman–Crippen LogP) is 4.65. The van der Waals surface area contributed by atoms with Crippen LogP contribution in [0.25, 0.3) is 0 Å². The van der Waals surface area contributed by atoms with E-state index >= 15 is 0 Å². The Kier molecular flexibility index (Phi) is 6.98. The number of hydrogen-bond acceptors (Lipinski definition) is 6. The number of nitrogens with one attached hydrogen (secondary N) is 1. The van der Waals surface area contributed by atoms with E-state index < -0.39 is 6.04 Å². The van der Waals surface area contributed by atoms with E-state index in [9.17, 15) is 4.79 Å². The molecule has 31 heavy (non-hydrogen) atoms. The second kappa shape index (κ2) is 9.18. The van der Waals surface area contributed by atoms with Crippen LogP contribution in [0.4, 0.5) is 11.5 Å². The van der Waals surface area contributed by atoms with Crippen LogP contribution in [0.15, 0.2) is 34.9 Å². The van der Waals surface area contributed by atoms with Gasteiger partial charge in [-0.25, -0.2) is 0 Å². The van der Waals surface area contributed by atoms with Gasteiger partial charge in [0.05, 0.1) is 18.3 Å². The Morgan fingerprint density at radius 3 is 2.55 bits per heavy atom. The molecule has 2 unspecified atom stereocenters. The second-order valence-corrected chi connectivity index (χ2v) is 10.1. The fourth-order valence-corrected chi connectivity index (χ4v) is 3.97. The number of rotatable bonds is 7. The van der Waals surface area contributed by atoms with Crippen molar-refractivity contribution in [3.05, 3.63) is 41.1 Å². The first-order valence-corrected chi connectivity index (χ1v) is 10.8. The summed E-state index contributed by atoms with van der Waals surface area (Å²) >= 11 is 6.05. The number of carbonyl (C=O) groups is 1. The number of halogens is 1. The average molecular weight is 450 g/mol. The quantitative estimate of drug-likeness (QED) is 0.662. The Hall–Kier alpha value is -2.09. The lowest BCUT2D eigenvalue weighted by Gasteiger charge is -2.26. The zero-order valence-electron chi connectivity index (χ0n) is 19.1. The standard InChI is InChI=1S/C23H32ClN3O4/c1-22(2,3)30-17-11-18(27(13-17)16-9-7-15(24)8-10-16)21(28)25-20-12-19(31-26-20)23(4,5)14-29-6/h7-10,12,17-18H,11,13-14H2,1-6H3,(H,25,26,28). The highest BCUT2D eigenvalue weighted by molar-refractivity contribution is 6.30. The lowest BCUT2D eigenvalue weighted by atomic mass is 9.91. The summed E-state index contributed by atoms with van der Waals surface area (Å²) in [6.07, 6.45) is 0.506. The van der Waals surface area contributed by atoms with Crippen molar-refractivity contribution < 1.29 is 18.8 Å². The van der Waals surface area contributed by atoms with Crippen molar-refractivity contribution >= 4 is 29.0 Å². The Morgan fingerprint density at radius 2 is 1.94 bits per heavy atom. The maximum absolute atomic E-state index is 13.2. The molecule has 7 nitrogen and oxygen atoms in total. The molecule has 1 fully saturated rings. The zero-order valence-corrected chi connectivity index (χ0v) is 19.8. The number of ether oxygens (including phenoxy) is 2. The van der Waals surface area contributed by atoms with Gasteiger partial charge in [-0.05, 0) is 45.0 Å². The molecule has 2 aromatic rings. The van der Waals surface area contributed by atoms with Crippen LogP contribution in [0.5, 0.6) is 0 Å². The fraction of sp³-hybridized carbons (Fsp3) is 0.565. The molecule has 3 rings (SSSR count). The largest absolute Gasteiger partial charge is 0.384 e. The summed E-state index contributed by atoms with van der Waals surface area (Å²) in [4.78, 5) is 15.3. The fourth-order valence-electron chi connectivity index (χ4n) is 3.84. The average Bonchev–Trinajstić information content (AvgIpc) is 3.28. The zero-order chi connectivity index (χ0) is 22.8. The summed E-state index contributed by atoms with van der Waals surface area (Å²) in [5.41, 5.74) is 0.279. The normalized spacial score (nSPS) is 19.6. The third-order valence-electron chi connectivity index (χ3n) is 5.18. The Bertz CT molecular complexity index is 889. The maximum atomic E-state index is 13.2. The second-order valence-electron chi connectivity index (χ2n) is 9.62. The molecule has 0 spiro atoms. The van der Waals surface area contributed by atoms with Crippen LogP contribution in [-0.2, 0) is 19.7 Å². The minimum absolute atomic E-state index is 0.0695. The molecular weight excluding hydrogens is 418 g/mol. The van der Waals surface area contributed by atoms with E-state index in [2.05, 4.69) is 15.4 Å². The van der Waals surface area contributed by atoms with Gasteiger partial charge in [0.15, 0.2) is 5.82 Å². The minimum atomic E-state index is -0.402. The SMILES string of the molecule is COCC(C)(C)c1cc(NC(=O)C2CC(OC(C)(C)C)CN2c2ccc(Cl)cc2)no1. The lowest BCUT2D eigenvalue weighted by molar-refractivity contribution is -0.118. The van der Waals surface area contributed by atoms with Crippen LogP contribution in [0.3, 0.4) is 0 Å². The summed E-state index contributed by atoms with van der Waals surface area (Å²) in [6.45, 7) is 11.1. The van der Waals surface area contributed by atoms with Crippen molar-refractivity contribution in [2.45, 2.75) is 64.2 Å². The van der Waals surface area contributed by atoms with E-state index in [-0.39, 0.29) is 23.0 Å². The van der Waals surface area contributed by atoms with Crippen LogP contribution in [0.2, 0.25) is 5.02 Å². The molecule has 1 amide bonds. The van der Waals surface area contributed by atoms with Crippen molar-refractivity contribution in [3.63, 3.8) is 0 Å². The molecule has 8 heteroatoms. The summed E-state index contributed by atoms with van der Waals surface area (Å²) < 4.78 is 16.9. The molecule has 1 saturated heterocycles. The van der Waals surface area contributed by atoms with E-state index in [1.165, 1.54) is 0 Å². The number of amides is 1. The van der Waals surface area contributed by atoms with Crippen molar-refractivity contribution in [2.24, 2.45) is 0 Å². The molecule has 1 aromatic heterocycles. The number of aromatic nitrogens is 1. The third-order valence-corrected chi connectivity index (χ3v) is 5.43. The molecule has 170 valence electrons. The number of anilines is 2. The van der Waals surface area contributed by atoms with E-state index in [4.69, 9.17) is 25.6 Å². The van der Waals surface area contributed by atoms with Crippen molar-refractivity contribution in [1.82, 2.24) is 5.16 Å². The van der Waals surface area contributed by atoms with E-state index in [0.717, 1.165) is 5.69 Å². The number of benzene rings is 1. The molecule has 1 N–H and O–H groups in total. The highest BCUT2D eigenvalue weighted by atomic mass is 35.5. The highest BCUT2D eigenvalue weighted by Crippen LogP contribution is 2.31. The van der Waals surface area contributed by atoms with Gasteiger partial charge < -0.3 is 24.2 Å². The van der Waals surface area contributed by atoms with Gasteiger partial charge in [-0.1, -0.05) is 30.6 Å². The van der Waals surface area contributed by atoms with Crippen LogP contribution in [-0.4, -0.2) is 49.1 Å². The molecular formula is C23H32ClN3O4. The predicted molar refractivity (Wildman–Crippen MR) is 122 cm³/mol. The summed E-state index contributed by atoms with van der Waals surface area (Å²) in [6, 6.07) is 8.84. The molecule has 0 saturated carbocycles. The number of hydrogen-bond donors (Lipinski definition) is 1. The van der Waals surface area contributed by atoms with Gasteiger partial charge in [-0.2, -0.15) is 0 Å². The van der Waals surface area contributed by atoms with Crippen molar-refractivity contribution in [1.29, 1.82) is 0 Å². The van der Waals surface area contributed by atoms with Crippen LogP contribution in [0.1, 0.15) is 46.8 Å². The smallest absolute Gasteiger partial charge is 0.248 e. The van der Waals surface area contributed by atoms with Gasteiger partial charge in [0.25, 0.3) is 0 Å². The molecule has 0 aliphatic carbocycles. The first kappa shape index (κ1) is 23.6. The summed E-state index contributed by atoms with van der Waals surface area (Å²) in [7, 11) is 1.64. The van der Waals surface area contributed by atoms with E-state index in [0.29, 0.717) is 36.2 Å². The van der Waals surface area contributed by atoms with Gasteiger partial charge in [0.1, 0.15) is 11.8 Å². The van der Waals surface area contributed by atoms with Gasteiger partial charge >= 0.3 is 0 Å². The molecule has 1 aromatic carbocycles. The molecule has 1 aliphatic heterocycles. The van der Waals surface area contributed by atoms with Gasteiger partial charge in [-0.3, -0.25) is 4.79 Å². The van der Waals surface area contributed by atoms with Crippen LogP contribution in [0, 0.1) is 0 Å². The molecule has 1 aliphatic rings. The lowest BCUT2D eigenvalue weighted by Crippen LogP contribution is -2.39. The maximum Gasteiger partial charge on any atom is 0.248 e. The van der Waals surface area contributed by atoms with E-state index in [1.807, 2.05) is 58.9 Å². The molecule has 0 radical (unpaired) electrons. The first-order chi connectivity index (χ1) is 14.5. The van der Waals surface area contributed by atoms with Crippen molar-refractivity contribution in [2.75, 3.05) is 30.5 Å². The Morgan fingerprint density at radius 1 is 1.26 bits per heavy atom. The van der Waals surface area contributed by atoms with Gasteiger partial charge in [0, 0.05) is 42.3 Å². The molecule has 2 heterocycles. The van der Waals surface area contributed by atoms with Gasteiger partial charge in [0.2, 0.25) is 5.91 Å². The monoisotopic (exact) mass is 449 g/mol. The van der Waals surface area contributed by atoms with Crippen LogP contribution >= 0.6 is 11.6 Å². The Labute approximate surface area is 189 Å².